The first-order valence-electron chi connectivity index (χ1n) is 5.08. The van der Waals surface area contributed by atoms with E-state index in [2.05, 4.69) is 5.43 Å². The Hall–Kier alpha value is -0.970. The summed E-state index contributed by atoms with van der Waals surface area (Å²) in [6, 6.07) is 6.26. The van der Waals surface area contributed by atoms with E-state index in [1.54, 1.807) is 18.2 Å². The highest BCUT2D eigenvalue weighted by atomic mass is 19.1. The molecule has 1 unspecified atom stereocenters. The summed E-state index contributed by atoms with van der Waals surface area (Å²) in [4.78, 5) is 0. The molecular weight excluding hydrogens is 195 g/mol. The highest BCUT2D eigenvalue weighted by molar-refractivity contribution is 5.21. The molecule has 0 radical (unpaired) electrons. The second kappa shape index (κ2) is 6.50. The van der Waals surface area contributed by atoms with Gasteiger partial charge in [0.15, 0.2) is 0 Å². The number of ether oxygens (including phenoxy) is 1. The molecule has 1 rings (SSSR count). The van der Waals surface area contributed by atoms with Crippen molar-refractivity contribution in [2.24, 2.45) is 5.84 Å². The molecule has 0 spiro atoms. The summed E-state index contributed by atoms with van der Waals surface area (Å²) < 4.78 is 18.7. The normalized spacial score (nSPS) is 12.7. The summed E-state index contributed by atoms with van der Waals surface area (Å²) in [6.07, 6.45) is 0.939. The first-order chi connectivity index (χ1) is 7.29. The molecule has 1 aromatic carbocycles. The minimum absolute atomic E-state index is 0.263. The fourth-order valence-electron chi connectivity index (χ4n) is 1.33. The van der Waals surface area contributed by atoms with Crippen LogP contribution in [-0.4, -0.2) is 13.2 Å². The van der Waals surface area contributed by atoms with Gasteiger partial charge in [-0.25, -0.2) is 4.39 Å². The average molecular weight is 212 g/mol. The van der Waals surface area contributed by atoms with Crippen molar-refractivity contribution in [2.45, 2.75) is 19.4 Å². The zero-order chi connectivity index (χ0) is 11.1. The topological polar surface area (TPSA) is 47.3 Å². The van der Waals surface area contributed by atoms with Crippen LogP contribution < -0.4 is 11.3 Å². The molecule has 0 heterocycles. The quantitative estimate of drug-likeness (QED) is 0.429. The number of nitrogens with two attached hydrogens (primary N) is 1. The molecule has 0 saturated carbocycles. The van der Waals surface area contributed by atoms with Crippen molar-refractivity contribution in [2.75, 3.05) is 13.2 Å². The lowest BCUT2D eigenvalue weighted by molar-refractivity contribution is 0.111. The van der Waals surface area contributed by atoms with Gasteiger partial charge in [0.25, 0.3) is 0 Å². The summed E-state index contributed by atoms with van der Waals surface area (Å²) in [5.41, 5.74) is 3.09. The minimum Gasteiger partial charge on any atom is -0.379 e. The molecule has 0 aliphatic carbocycles. The molecule has 0 aliphatic rings. The number of hydrogen-bond donors (Lipinski definition) is 2. The molecule has 0 saturated heterocycles. The van der Waals surface area contributed by atoms with Gasteiger partial charge in [0, 0.05) is 12.2 Å². The van der Waals surface area contributed by atoms with Crippen LogP contribution in [0.4, 0.5) is 4.39 Å². The third-order valence-electron chi connectivity index (χ3n) is 2.11. The molecule has 0 aliphatic heterocycles. The monoisotopic (exact) mass is 212 g/mol. The smallest absolute Gasteiger partial charge is 0.128 e. The summed E-state index contributed by atoms with van der Waals surface area (Å²) in [5.74, 6) is 5.10. The summed E-state index contributed by atoms with van der Waals surface area (Å²) >= 11 is 0. The summed E-state index contributed by atoms with van der Waals surface area (Å²) in [6.45, 7) is 3.06. The lowest BCUT2D eigenvalue weighted by atomic mass is 10.1. The van der Waals surface area contributed by atoms with Crippen molar-refractivity contribution in [3.63, 3.8) is 0 Å². The maximum absolute atomic E-state index is 13.4. The molecule has 0 fully saturated rings. The lowest BCUT2D eigenvalue weighted by Gasteiger charge is -2.16. The zero-order valence-electron chi connectivity index (χ0n) is 8.87. The van der Waals surface area contributed by atoms with E-state index >= 15 is 0 Å². The molecule has 0 amide bonds. The van der Waals surface area contributed by atoms with Gasteiger partial charge in [-0.1, -0.05) is 25.1 Å². The number of hydrogen-bond acceptors (Lipinski definition) is 3. The van der Waals surface area contributed by atoms with Crippen molar-refractivity contribution in [3.05, 3.63) is 35.6 Å². The Morgan fingerprint density at radius 1 is 1.47 bits per heavy atom. The molecule has 3 N–H and O–H groups in total. The fraction of sp³-hybridized carbons (Fsp3) is 0.455. The van der Waals surface area contributed by atoms with E-state index in [0.717, 1.165) is 6.42 Å². The van der Waals surface area contributed by atoms with Crippen LogP contribution in [0.2, 0.25) is 0 Å². The minimum atomic E-state index is -0.294. The Balaban J connectivity index is 2.61. The van der Waals surface area contributed by atoms with Crippen LogP contribution in [0.3, 0.4) is 0 Å². The molecule has 0 bridgehead atoms. The van der Waals surface area contributed by atoms with E-state index in [9.17, 15) is 4.39 Å². The van der Waals surface area contributed by atoms with Gasteiger partial charge in [0.1, 0.15) is 5.82 Å². The predicted octanol–water partition coefficient (Wildman–Crippen LogP) is 1.76. The number of benzene rings is 1. The molecule has 15 heavy (non-hydrogen) atoms. The van der Waals surface area contributed by atoms with E-state index < -0.39 is 0 Å². The SMILES string of the molecule is CCCOCC(NN)c1ccccc1F. The molecule has 84 valence electrons. The van der Waals surface area contributed by atoms with Crippen LogP contribution in [-0.2, 0) is 4.74 Å². The van der Waals surface area contributed by atoms with Crippen molar-refractivity contribution in [1.29, 1.82) is 0 Å². The van der Waals surface area contributed by atoms with E-state index in [4.69, 9.17) is 10.6 Å². The van der Waals surface area contributed by atoms with Gasteiger partial charge in [-0.05, 0) is 12.5 Å². The van der Waals surface area contributed by atoms with Gasteiger partial charge in [-0.15, -0.1) is 0 Å². The third-order valence-corrected chi connectivity index (χ3v) is 2.11. The van der Waals surface area contributed by atoms with Crippen LogP contribution in [0.15, 0.2) is 24.3 Å². The first-order valence-corrected chi connectivity index (χ1v) is 5.08. The van der Waals surface area contributed by atoms with Gasteiger partial charge in [-0.2, -0.15) is 0 Å². The van der Waals surface area contributed by atoms with Crippen LogP contribution in [0, 0.1) is 5.82 Å². The van der Waals surface area contributed by atoms with E-state index in [1.165, 1.54) is 6.07 Å². The van der Waals surface area contributed by atoms with Crippen LogP contribution in [0.25, 0.3) is 0 Å². The van der Waals surface area contributed by atoms with Gasteiger partial charge < -0.3 is 4.74 Å². The van der Waals surface area contributed by atoms with E-state index in [1.807, 2.05) is 6.92 Å². The molecule has 0 aromatic heterocycles. The van der Waals surface area contributed by atoms with E-state index in [-0.39, 0.29) is 11.9 Å². The summed E-state index contributed by atoms with van der Waals surface area (Å²) in [7, 11) is 0. The Kier molecular flexibility index (Phi) is 5.25. The molecule has 1 atom stereocenters. The van der Waals surface area contributed by atoms with Crippen LogP contribution >= 0.6 is 0 Å². The van der Waals surface area contributed by atoms with Crippen molar-refractivity contribution in [1.82, 2.24) is 5.43 Å². The van der Waals surface area contributed by atoms with Gasteiger partial charge in [-0.3, -0.25) is 11.3 Å². The first kappa shape index (κ1) is 12.1. The predicted molar refractivity (Wildman–Crippen MR) is 57.6 cm³/mol. The highest BCUT2D eigenvalue weighted by Gasteiger charge is 2.13. The van der Waals surface area contributed by atoms with E-state index in [0.29, 0.717) is 18.8 Å². The van der Waals surface area contributed by atoms with Crippen molar-refractivity contribution < 1.29 is 9.13 Å². The molecule has 1 aromatic rings. The number of hydrazine groups is 1. The molecular formula is C11H17FN2O. The Bertz CT molecular complexity index is 294. The van der Waals surface area contributed by atoms with Gasteiger partial charge in [0.05, 0.1) is 12.6 Å². The largest absolute Gasteiger partial charge is 0.379 e. The maximum Gasteiger partial charge on any atom is 0.128 e. The van der Waals surface area contributed by atoms with Gasteiger partial charge >= 0.3 is 0 Å². The average Bonchev–Trinajstić information content (AvgIpc) is 2.26. The maximum atomic E-state index is 13.4. The Morgan fingerprint density at radius 3 is 2.80 bits per heavy atom. The third kappa shape index (κ3) is 3.58. The zero-order valence-corrected chi connectivity index (χ0v) is 8.87. The Morgan fingerprint density at radius 2 is 2.20 bits per heavy atom. The Labute approximate surface area is 89.4 Å². The van der Waals surface area contributed by atoms with Crippen LogP contribution in [0.5, 0.6) is 0 Å². The highest BCUT2D eigenvalue weighted by Crippen LogP contribution is 2.16. The summed E-state index contributed by atoms with van der Waals surface area (Å²) in [5, 5.41) is 0. The number of halogens is 1. The van der Waals surface area contributed by atoms with Crippen LogP contribution in [0.1, 0.15) is 24.9 Å². The lowest BCUT2D eigenvalue weighted by Crippen LogP contribution is -2.32. The van der Waals surface area contributed by atoms with Gasteiger partial charge in [0.2, 0.25) is 0 Å². The number of nitrogens with one attached hydrogen (secondary N) is 1. The van der Waals surface area contributed by atoms with Crippen molar-refractivity contribution in [3.8, 4) is 0 Å². The molecule has 4 heteroatoms. The number of rotatable bonds is 6. The van der Waals surface area contributed by atoms with Crippen molar-refractivity contribution >= 4 is 0 Å². The fourth-order valence-corrected chi connectivity index (χ4v) is 1.33. The standard InChI is InChI=1S/C11H17FN2O/c1-2-7-15-8-11(14-13)9-5-3-4-6-10(9)12/h3-6,11,14H,2,7-8,13H2,1H3. The second-order valence-corrected chi connectivity index (χ2v) is 3.32. The molecule has 3 nitrogen and oxygen atoms in total. The second-order valence-electron chi connectivity index (χ2n) is 3.32.